The van der Waals surface area contributed by atoms with Crippen LogP contribution in [-0.2, 0) is 4.79 Å². The van der Waals surface area contributed by atoms with Gasteiger partial charge in [-0.1, -0.05) is 42.5 Å². The number of nitro benzene ring substituents is 1. The van der Waals surface area contributed by atoms with E-state index >= 15 is 0 Å². The Hall–Kier alpha value is -3.87. The van der Waals surface area contributed by atoms with Crippen LogP contribution in [0.25, 0.3) is 11.6 Å². The van der Waals surface area contributed by atoms with Crippen LogP contribution in [0.4, 0.5) is 20.2 Å². The number of benzene rings is 3. The third-order valence-electron chi connectivity index (χ3n) is 3.90. The molecule has 3 aromatic rings. The van der Waals surface area contributed by atoms with E-state index in [1.54, 1.807) is 36.4 Å². The van der Waals surface area contributed by atoms with Crippen molar-refractivity contribution in [3.8, 4) is 0 Å². The molecule has 0 radical (unpaired) electrons. The van der Waals surface area contributed by atoms with Gasteiger partial charge < -0.3 is 5.32 Å². The number of nitrogens with zero attached hydrogens (tertiary/aromatic N) is 1. The molecule has 3 rings (SSSR count). The van der Waals surface area contributed by atoms with Crippen LogP contribution in [-0.4, -0.2) is 10.8 Å². The predicted molar refractivity (Wildman–Crippen MR) is 102 cm³/mol. The molecule has 1 N–H and O–H groups in total. The quantitative estimate of drug-likeness (QED) is 0.291. The molecule has 0 aliphatic rings. The van der Waals surface area contributed by atoms with Crippen molar-refractivity contribution >= 4 is 28.9 Å². The number of nitrogens with one attached hydrogen (secondary N) is 1. The lowest BCUT2D eigenvalue weighted by molar-refractivity contribution is -0.384. The second kappa shape index (κ2) is 8.22. The zero-order valence-electron chi connectivity index (χ0n) is 14.4. The van der Waals surface area contributed by atoms with Crippen LogP contribution in [0.5, 0.6) is 0 Å². The molecule has 0 aromatic heterocycles. The van der Waals surface area contributed by atoms with Crippen molar-refractivity contribution in [1.29, 1.82) is 0 Å². The number of nitro groups is 1. The second-order valence-corrected chi connectivity index (χ2v) is 5.85. The highest BCUT2D eigenvalue weighted by Crippen LogP contribution is 2.24. The van der Waals surface area contributed by atoms with Gasteiger partial charge in [0.15, 0.2) is 0 Å². The molecule has 3 aromatic carbocycles. The lowest BCUT2D eigenvalue weighted by Crippen LogP contribution is -2.14. The number of carbonyl (C=O) groups is 1. The van der Waals surface area contributed by atoms with E-state index in [0.717, 1.165) is 12.1 Å². The van der Waals surface area contributed by atoms with Gasteiger partial charge in [0.1, 0.15) is 11.6 Å². The Morgan fingerprint density at radius 3 is 2.39 bits per heavy atom. The molecule has 0 heterocycles. The minimum atomic E-state index is -0.906. The van der Waals surface area contributed by atoms with Crippen LogP contribution >= 0.6 is 0 Å². The van der Waals surface area contributed by atoms with Crippen LogP contribution < -0.4 is 5.32 Å². The first-order valence-corrected chi connectivity index (χ1v) is 8.22. The average molecular weight is 380 g/mol. The lowest BCUT2D eigenvalue weighted by Gasteiger charge is -2.10. The largest absolute Gasteiger partial charge is 0.319 e. The zero-order valence-corrected chi connectivity index (χ0v) is 14.4. The molecule has 0 bridgehead atoms. The number of non-ortho nitro benzene ring substituents is 1. The third-order valence-corrected chi connectivity index (χ3v) is 3.90. The van der Waals surface area contributed by atoms with Gasteiger partial charge in [0, 0.05) is 23.8 Å². The van der Waals surface area contributed by atoms with E-state index in [-0.39, 0.29) is 16.9 Å². The number of carbonyl (C=O) groups excluding carboxylic acids is 1. The van der Waals surface area contributed by atoms with Gasteiger partial charge in [-0.25, -0.2) is 8.78 Å². The lowest BCUT2D eigenvalue weighted by atomic mass is 10.0. The highest BCUT2D eigenvalue weighted by molar-refractivity contribution is 6.29. The van der Waals surface area contributed by atoms with Crippen molar-refractivity contribution in [2.24, 2.45) is 0 Å². The summed E-state index contributed by atoms with van der Waals surface area (Å²) in [6, 6.07) is 17.2. The van der Waals surface area contributed by atoms with Crippen molar-refractivity contribution in [2.45, 2.75) is 0 Å². The van der Waals surface area contributed by atoms with Gasteiger partial charge in [0.05, 0.1) is 10.6 Å². The summed E-state index contributed by atoms with van der Waals surface area (Å²) >= 11 is 0. The van der Waals surface area contributed by atoms with Gasteiger partial charge in [-0.05, 0) is 29.3 Å². The average Bonchev–Trinajstić information content (AvgIpc) is 2.69. The fourth-order valence-corrected chi connectivity index (χ4v) is 2.57. The molecule has 0 saturated carbocycles. The van der Waals surface area contributed by atoms with E-state index in [1.807, 2.05) is 0 Å². The zero-order chi connectivity index (χ0) is 20.1. The molecule has 0 atom stereocenters. The molecule has 5 nitrogen and oxygen atoms in total. The maximum atomic E-state index is 13.9. The van der Waals surface area contributed by atoms with Crippen molar-refractivity contribution in [3.63, 3.8) is 0 Å². The van der Waals surface area contributed by atoms with E-state index in [2.05, 4.69) is 5.32 Å². The summed E-state index contributed by atoms with van der Waals surface area (Å²) in [4.78, 5) is 23.2. The van der Waals surface area contributed by atoms with Crippen molar-refractivity contribution in [1.82, 2.24) is 0 Å². The number of amides is 1. The van der Waals surface area contributed by atoms with E-state index in [0.29, 0.717) is 17.2 Å². The minimum absolute atomic E-state index is 0.119. The molecule has 0 fully saturated rings. The third kappa shape index (κ3) is 4.45. The summed E-state index contributed by atoms with van der Waals surface area (Å²) in [5, 5.41) is 13.4. The molecule has 28 heavy (non-hydrogen) atoms. The first kappa shape index (κ1) is 18.9. The number of anilines is 1. The topological polar surface area (TPSA) is 72.2 Å². The van der Waals surface area contributed by atoms with Gasteiger partial charge in [-0.2, -0.15) is 0 Å². The van der Waals surface area contributed by atoms with Gasteiger partial charge in [0.25, 0.3) is 11.6 Å². The Balaban J connectivity index is 2.01. The molecule has 0 unspecified atom stereocenters. The fraction of sp³-hybridized carbons (Fsp3) is 0. The van der Waals surface area contributed by atoms with Crippen LogP contribution in [0.1, 0.15) is 11.1 Å². The predicted octanol–water partition coefficient (Wildman–Crippen LogP) is 5.05. The molecule has 0 aliphatic carbocycles. The van der Waals surface area contributed by atoms with E-state index < -0.39 is 22.5 Å². The van der Waals surface area contributed by atoms with E-state index in [9.17, 15) is 23.7 Å². The SMILES string of the molecule is O=C(Nc1ccc(F)cc1F)/C(=C\c1cccc([N+](=O)[O-])c1)c1ccccc1. The van der Waals surface area contributed by atoms with Crippen molar-refractivity contribution in [2.75, 3.05) is 5.32 Å². The van der Waals surface area contributed by atoms with Gasteiger partial charge >= 0.3 is 0 Å². The Kier molecular flexibility index (Phi) is 5.55. The van der Waals surface area contributed by atoms with Crippen molar-refractivity contribution in [3.05, 3.63) is 106 Å². The Morgan fingerprint density at radius 2 is 1.71 bits per heavy atom. The summed E-state index contributed by atoms with van der Waals surface area (Å²) in [6.45, 7) is 0. The molecular weight excluding hydrogens is 366 g/mol. The molecule has 7 heteroatoms. The summed E-state index contributed by atoms with van der Waals surface area (Å²) in [7, 11) is 0. The summed E-state index contributed by atoms with van der Waals surface area (Å²) in [5.74, 6) is -2.30. The highest BCUT2D eigenvalue weighted by atomic mass is 19.1. The van der Waals surface area contributed by atoms with Gasteiger partial charge in [-0.15, -0.1) is 0 Å². The standard InChI is InChI=1S/C21H14F2N2O3/c22-16-9-10-20(19(23)13-16)24-21(26)18(15-6-2-1-3-7-15)12-14-5-4-8-17(11-14)25(27)28/h1-13H,(H,24,26)/b18-12-. The number of hydrogen-bond acceptors (Lipinski definition) is 3. The second-order valence-electron chi connectivity index (χ2n) is 5.85. The maximum absolute atomic E-state index is 13.9. The normalized spacial score (nSPS) is 11.1. The Bertz CT molecular complexity index is 1070. The molecule has 140 valence electrons. The minimum Gasteiger partial charge on any atom is -0.319 e. The van der Waals surface area contributed by atoms with E-state index in [4.69, 9.17) is 0 Å². The Morgan fingerprint density at radius 1 is 0.964 bits per heavy atom. The monoisotopic (exact) mass is 380 g/mol. The summed E-state index contributed by atoms with van der Waals surface area (Å²) in [5.41, 5.74) is 0.847. The van der Waals surface area contributed by atoms with Crippen LogP contribution in [0, 0.1) is 21.7 Å². The van der Waals surface area contributed by atoms with Gasteiger partial charge in [-0.3, -0.25) is 14.9 Å². The Labute approximate surface area is 159 Å². The summed E-state index contributed by atoms with van der Waals surface area (Å²) < 4.78 is 27.0. The van der Waals surface area contributed by atoms with E-state index in [1.165, 1.54) is 24.3 Å². The first-order chi connectivity index (χ1) is 13.4. The first-order valence-electron chi connectivity index (χ1n) is 8.22. The van der Waals surface area contributed by atoms with Crippen molar-refractivity contribution < 1.29 is 18.5 Å². The maximum Gasteiger partial charge on any atom is 0.270 e. The molecule has 0 aliphatic heterocycles. The highest BCUT2D eigenvalue weighted by Gasteiger charge is 2.15. The number of halogens is 2. The van der Waals surface area contributed by atoms with Gasteiger partial charge in [0.2, 0.25) is 0 Å². The summed E-state index contributed by atoms with van der Waals surface area (Å²) in [6.07, 6.45) is 1.47. The molecule has 0 saturated heterocycles. The van der Waals surface area contributed by atoms with Crippen LogP contribution in [0.2, 0.25) is 0 Å². The fourth-order valence-electron chi connectivity index (χ4n) is 2.57. The number of rotatable bonds is 5. The smallest absolute Gasteiger partial charge is 0.270 e. The number of hydrogen-bond donors (Lipinski definition) is 1. The molecule has 0 spiro atoms. The molecule has 1 amide bonds. The molecular formula is C21H14F2N2O3. The van der Waals surface area contributed by atoms with Crippen LogP contribution in [0.15, 0.2) is 72.8 Å². The van der Waals surface area contributed by atoms with Crippen LogP contribution in [0.3, 0.4) is 0 Å².